The number of carbonyl (C=O) groups is 1. The molecule has 6 nitrogen and oxygen atoms in total. The molecule has 156 valence electrons. The highest BCUT2D eigenvalue weighted by molar-refractivity contribution is 6.01. The fourth-order valence-electron chi connectivity index (χ4n) is 5.03. The van der Waals surface area contributed by atoms with Crippen LogP contribution in [0.15, 0.2) is 29.3 Å². The van der Waals surface area contributed by atoms with Crippen molar-refractivity contribution in [3.8, 4) is 0 Å². The summed E-state index contributed by atoms with van der Waals surface area (Å²) in [5, 5.41) is 0. The lowest BCUT2D eigenvalue weighted by Gasteiger charge is -2.41. The number of carbonyl (C=O) groups excluding carboxylic acids is 1. The largest absolute Gasteiger partial charge is 0.448 e. The van der Waals surface area contributed by atoms with E-state index in [1.54, 1.807) is 4.90 Å². The maximum absolute atomic E-state index is 12.6. The van der Waals surface area contributed by atoms with Gasteiger partial charge in [0.1, 0.15) is 0 Å². The van der Waals surface area contributed by atoms with E-state index in [9.17, 15) is 13.6 Å². The van der Waals surface area contributed by atoms with E-state index in [1.807, 2.05) is 11.0 Å². The second-order valence-corrected chi connectivity index (χ2v) is 8.41. The van der Waals surface area contributed by atoms with Crippen molar-refractivity contribution in [2.24, 2.45) is 4.99 Å². The van der Waals surface area contributed by atoms with Crippen molar-refractivity contribution in [2.45, 2.75) is 49.9 Å². The molecule has 1 amide bonds. The molecule has 5 rings (SSSR count). The zero-order valence-corrected chi connectivity index (χ0v) is 16.3. The Kier molecular flexibility index (Phi) is 4.58. The fraction of sp³-hybridized carbons (Fsp3) is 0.619. The second-order valence-electron chi connectivity index (χ2n) is 8.41. The lowest BCUT2D eigenvalue weighted by Crippen LogP contribution is -2.51. The first-order chi connectivity index (χ1) is 14.0. The van der Waals surface area contributed by atoms with Gasteiger partial charge in [-0.05, 0) is 24.0 Å². The summed E-state index contributed by atoms with van der Waals surface area (Å²) in [5.74, 6) is -0.271. The van der Waals surface area contributed by atoms with Crippen molar-refractivity contribution in [2.75, 3.05) is 32.7 Å². The third-order valence-corrected chi connectivity index (χ3v) is 6.79. The number of amides is 1. The van der Waals surface area contributed by atoms with E-state index in [2.05, 4.69) is 23.2 Å². The summed E-state index contributed by atoms with van der Waals surface area (Å²) < 4.78 is 37.5. The van der Waals surface area contributed by atoms with Crippen LogP contribution < -0.4 is 0 Å². The Morgan fingerprint density at radius 1 is 1.03 bits per heavy atom. The number of halogens is 2. The van der Waals surface area contributed by atoms with Crippen molar-refractivity contribution >= 4 is 11.9 Å². The summed E-state index contributed by atoms with van der Waals surface area (Å²) >= 11 is 0. The van der Waals surface area contributed by atoms with Gasteiger partial charge in [-0.25, -0.2) is 8.78 Å². The van der Waals surface area contributed by atoms with Crippen LogP contribution in [0, 0.1) is 0 Å². The third kappa shape index (κ3) is 3.22. The number of nitrogens with zero attached hydrogens (tertiary/aromatic N) is 3. The van der Waals surface area contributed by atoms with Crippen LogP contribution in [-0.4, -0.2) is 66.5 Å². The van der Waals surface area contributed by atoms with E-state index in [0.717, 1.165) is 12.8 Å². The quantitative estimate of drug-likeness (QED) is 0.757. The summed E-state index contributed by atoms with van der Waals surface area (Å²) in [6.07, 6.45) is 0.0742. The van der Waals surface area contributed by atoms with Crippen molar-refractivity contribution in [1.29, 1.82) is 0 Å². The van der Waals surface area contributed by atoms with Gasteiger partial charge in [-0.3, -0.25) is 9.69 Å². The summed E-state index contributed by atoms with van der Waals surface area (Å²) in [5.41, 5.74) is 1.29. The van der Waals surface area contributed by atoms with E-state index >= 15 is 0 Å². The van der Waals surface area contributed by atoms with Crippen LogP contribution in [-0.2, 0) is 26.5 Å². The number of rotatable bonds is 2. The molecule has 0 radical (unpaired) electrons. The van der Waals surface area contributed by atoms with Gasteiger partial charge in [0, 0.05) is 39.0 Å². The van der Waals surface area contributed by atoms with Crippen LogP contribution in [0.4, 0.5) is 8.78 Å². The average Bonchev–Trinajstić information content (AvgIpc) is 3.23. The van der Waals surface area contributed by atoms with Crippen LogP contribution in [0.2, 0.25) is 0 Å². The topological polar surface area (TPSA) is 54.4 Å². The number of piperidine rings is 2. The maximum Gasteiger partial charge on any atom is 0.296 e. The molecule has 2 spiro atoms. The van der Waals surface area contributed by atoms with Gasteiger partial charge < -0.3 is 14.4 Å². The maximum atomic E-state index is 12.6. The Labute approximate surface area is 168 Å². The number of fused-ring (bicyclic) bond motifs is 2. The molecule has 0 aliphatic carbocycles. The van der Waals surface area contributed by atoms with Crippen LogP contribution in [0.1, 0.15) is 36.8 Å². The number of alkyl halides is 2. The van der Waals surface area contributed by atoms with Crippen molar-refractivity contribution < 1.29 is 23.0 Å². The van der Waals surface area contributed by atoms with Gasteiger partial charge in [-0.1, -0.05) is 24.3 Å². The molecule has 1 aromatic rings. The van der Waals surface area contributed by atoms with Crippen LogP contribution in [0.5, 0.6) is 0 Å². The van der Waals surface area contributed by atoms with Crippen LogP contribution in [0.25, 0.3) is 0 Å². The predicted molar refractivity (Wildman–Crippen MR) is 102 cm³/mol. The van der Waals surface area contributed by atoms with E-state index in [-0.39, 0.29) is 18.1 Å². The number of likely N-dealkylation sites (tertiary alicyclic amines) is 2. The molecule has 2 fully saturated rings. The number of ether oxygens (including phenoxy) is 2. The zero-order chi connectivity index (χ0) is 20.1. The summed E-state index contributed by atoms with van der Waals surface area (Å²) in [6.45, 7) is 2.64. The molecule has 0 aromatic heterocycles. The smallest absolute Gasteiger partial charge is 0.296 e. The van der Waals surface area contributed by atoms with E-state index in [1.165, 1.54) is 11.1 Å². The molecule has 0 bridgehead atoms. The van der Waals surface area contributed by atoms with E-state index < -0.39 is 12.0 Å². The zero-order valence-electron chi connectivity index (χ0n) is 16.3. The summed E-state index contributed by atoms with van der Waals surface area (Å²) in [7, 11) is 0. The molecule has 0 N–H and O–H groups in total. The second kappa shape index (κ2) is 7.02. The summed E-state index contributed by atoms with van der Waals surface area (Å²) in [6, 6.07) is 8.74. The predicted octanol–water partition coefficient (Wildman–Crippen LogP) is 2.52. The van der Waals surface area contributed by atoms with Gasteiger partial charge in [0.05, 0.1) is 18.8 Å². The van der Waals surface area contributed by atoms with Gasteiger partial charge in [0.2, 0.25) is 0 Å². The average molecular weight is 405 g/mol. The molecule has 4 aliphatic heterocycles. The van der Waals surface area contributed by atoms with Gasteiger partial charge in [0.15, 0.2) is 5.60 Å². The number of aliphatic imine (C=N–C) groups is 1. The highest BCUT2D eigenvalue weighted by Crippen LogP contribution is 2.44. The van der Waals surface area contributed by atoms with Gasteiger partial charge >= 0.3 is 0 Å². The number of hydrogen-bond donors (Lipinski definition) is 0. The lowest BCUT2D eigenvalue weighted by atomic mass is 9.84. The summed E-state index contributed by atoms with van der Waals surface area (Å²) in [4.78, 5) is 20.5. The number of amidine groups is 1. The number of benzene rings is 1. The molecule has 1 aromatic carbocycles. The molecule has 8 heteroatoms. The molecule has 0 unspecified atom stereocenters. The van der Waals surface area contributed by atoms with Crippen molar-refractivity contribution in [1.82, 2.24) is 9.80 Å². The van der Waals surface area contributed by atoms with Crippen LogP contribution >= 0.6 is 0 Å². The Bertz CT molecular complexity index is 828. The minimum atomic E-state index is -2.36. The first-order valence-corrected chi connectivity index (χ1v) is 10.3. The minimum Gasteiger partial charge on any atom is -0.448 e. The normalized spacial score (nSPS) is 25.6. The van der Waals surface area contributed by atoms with E-state index in [0.29, 0.717) is 51.6 Å². The molecule has 4 aliphatic rings. The first-order valence-electron chi connectivity index (χ1n) is 10.3. The SMILES string of the molecule is O=C1N=C(N2CCC3(CC2)OCc2ccccc23)OC12CCN(CC(F)F)CC2. The van der Waals surface area contributed by atoms with Crippen LogP contribution in [0.3, 0.4) is 0 Å². The van der Waals surface area contributed by atoms with Crippen molar-refractivity contribution in [3.05, 3.63) is 35.4 Å². The van der Waals surface area contributed by atoms with Gasteiger partial charge in [-0.15, -0.1) is 0 Å². The molecule has 2 saturated heterocycles. The minimum absolute atomic E-state index is 0.255. The van der Waals surface area contributed by atoms with Gasteiger partial charge in [0.25, 0.3) is 18.4 Å². The molecule has 29 heavy (non-hydrogen) atoms. The number of hydrogen-bond acceptors (Lipinski definition) is 5. The molecule has 4 heterocycles. The molecular weight excluding hydrogens is 380 g/mol. The Morgan fingerprint density at radius 2 is 1.72 bits per heavy atom. The third-order valence-electron chi connectivity index (χ3n) is 6.79. The Morgan fingerprint density at radius 3 is 2.45 bits per heavy atom. The van der Waals surface area contributed by atoms with E-state index in [4.69, 9.17) is 9.47 Å². The van der Waals surface area contributed by atoms with Gasteiger partial charge in [-0.2, -0.15) is 4.99 Å². The molecular formula is C21H25F2N3O3. The fourth-order valence-corrected chi connectivity index (χ4v) is 5.03. The monoisotopic (exact) mass is 405 g/mol. The lowest BCUT2D eigenvalue weighted by molar-refractivity contribution is -0.135. The highest BCUT2D eigenvalue weighted by atomic mass is 19.3. The molecule has 0 saturated carbocycles. The molecule has 0 atom stereocenters. The van der Waals surface area contributed by atoms with Crippen molar-refractivity contribution in [3.63, 3.8) is 0 Å². The Hall–Kier alpha value is -2.06. The first kappa shape index (κ1) is 18.9. The standard InChI is InChI=1S/C21H25F2N3O3/c22-17(23)13-25-9-5-21(6-10-25)18(27)24-19(29-21)26-11-7-20(8-12-26)16-4-2-1-3-15(16)14-28-20/h1-4,17H,5-14H2. The Balaban J connectivity index is 1.22. The highest BCUT2D eigenvalue weighted by Gasteiger charge is 2.51.